The first-order valence-corrected chi connectivity index (χ1v) is 16.8. The summed E-state index contributed by atoms with van der Waals surface area (Å²) in [6.45, 7) is 1.84. The molecule has 0 bridgehead atoms. The summed E-state index contributed by atoms with van der Waals surface area (Å²) in [5, 5.41) is 14.6. The minimum atomic E-state index is -4.48. The number of carbonyl (C=O) groups is 3. The Balaban J connectivity index is 1.38. The first kappa shape index (κ1) is 35.4. The maximum Gasteiger partial charge on any atom is 0.416 e. The lowest BCUT2D eigenvalue weighted by atomic mass is 9.82. The molecule has 2 amide bonds. The molecule has 1 aliphatic rings. The fraction of sp³-hybridized carbons (Fsp3) is 0.325. The summed E-state index contributed by atoms with van der Waals surface area (Å²) in [4.78, 5) is 37.4. The van der Waals surface area contributed by atoms with Gasteiger partial charge in [-0.1, -0.05) is 92.1 Å². The third-order valence-electron chi connectivity index (χ3n) is 9.30. The number of halogens is 3. The average Bonchev–Trinajstić information content (AvgIpc) is 3.10. The van der Waals surface area contributed by atoms with Crippen molar-refractivity contribution in [1.29, 1.82) is 0 Å². The SMILES string of the molecule is CC(NC(=O)C(Cc1ccc(C(=O)NCCC(=O)O)cc1)c1ccc(C2CCCCC2)cc1)c1ccccc1-c1cccc(C(F)(F)F)c1. The Morgan fingerprint density at radius 3 is 2.22 bits per heavy atom. The van der Waals surface area contributed by atoms with E-state index in [1.54, 1.807) is 48.5 Å². The molecule has 2 unspecified atom stereocenters. The van der Waals surface area contributed by atoms with Gasteiger partial charge in [0.25, 0.3) is 5.91 Å². The third kappa shape index (κ3) is 9.37. The van der Waals surface area contributed by atoms with E-state index in [0.717, 1.165) is 36.1 Å². The van der Waals surface area contributed by atoms with E-state index in [1.165, 1.54) is 30.9 Å². The van der Waals surface area contributed by atoms with Crippen molar-refractivity contribution in [2.75, 3.05) is 6.54 Å². The molecule has 3 N–H and O–H groups in total. The molecule has 2 atom stereocenters. The largest absolute Gasteiger partial charge is 0.481 e. The van der Waals surface area contributed by atoms with Crippen molar-refractivity contribution in [3.8, 4) is 11.1 Å². The molecule has 6 nitrogen and oxygen atoms in total. The molecule has 49 heavy (non-hydrogen) atoms. The molecule has 1 saturated carbocycles. The van der Waals surface area contributed by atoms with Gasteiger partial charge < -0.3 is 15.7 Å². The van der Waals surface area contributed by atoms with Gasteiger partial charge in [0.15, 0.2) is 0 Å². The molecule has 0 radical (unpaired) electrons. The number of aliphatic carboxylic acids is 1. The van der Waals surface area contributed by atoms with E-state index in [-0.39, 0.29) is 24.8 Å². The minimum Gasteiger partial charge on any atom is -0.481 e. The van der Waals surface area contributed by atoms with E-state index >= 15 is 0 Å². The quantitative estimate of drug-likeness (QED) is 0.140. The summed E-state index contributed by atoms with van der Waals surface area (Å²) >= 11 is 0. The highest BCUT2D eigenvalue weighted by Gasteiger charge is 2.31. The van der Waals surface area contributed by atoms with Crippen LogP contribution in [0.25, 0.3) is 11.1 Å². The number of carboxylic acid groups (broad SMARTS) is 1. The highest BCUT2D eigenvalue weighted by Crippen LogP contribution is 2.36. The number of hydrogen-bond donors (Lipinski definition) is 3. The Morgan fingerprint density at radius 1 is 0.857 bits per heavy atom. The Hall–Kier alpha value is -4.92. The Labute approximate surface area is 284 Å². The van der Waals surface area contributed by atoms with Gasteiger partial charge >= 0.3 is 12.1 Å². The van der Waals surface area contributed by atoms with E-state index in [1.807, 2.05) is 25.1 Å². The molecule has 4 aromatic carbocycles. The molecule has 1 aliphatic carbocycles. The van der Waals surface area contributed by atoms with Gasteiger partial charge in [-0.25, -0.2) is 0 Å². The van der Waals surface area contributed by atoms with Crippen molar-refractivity contribution < 1.29 is 32.7 Å². The zero-order valence-electron chi connectivity index (χ0n) is 27.4. The molecule has 0 aromatic heterocycles. The van der Waals surface area contributed by atoms with Crippen LogP contribution in [-0.2, 0) is 22.2 Å². The molecule has 0 saturated heterocycles. The van der Waals surface area contributed by atoms with Gasteiger partial charge in [0.2, 0.25) is 5.91 Å². The first-order chi connectivity index (χ1) is 23.5. The number of nitrogens with one attached hydrogen (secondary N) is 2. The van der Waals surface area contributed by atoms with E-state index in [4.69, 9.17) is 5.11 Å². The lowest BCUT2D eigenvalue weighted by Gasteiger charge is -2.25. The number of rotatable bonds is 12. The normalized spacial score (nSPS) is 14.9. The molecule has 0 aliphatic heterocycles. The van der Waals surface area contributed by atoms with Gasteiger partial charge in [0.1, 0.15) is 0 Å². The summed E-state index contributed by atoms with van der Waals surface area (Å²) in [5.74, 6) is -1.68. The topological polar surface area (TPSA) is 95.5 Å². The van der Waals surface area contributed by atoms with Gasteiger partial charge in [-0.2, -0.15) is 13.2 Å². The highest BCUT2D eigenvalue weighted by molar-refractivity contribution is 5.94. The number of hydrogen-bond acceptors (Lipinski definition) is 3. The zero-order chi connectivity index (χ0) is 35.0. The van der Waals surface area contributed by atoms with Crippen LogP contribution in [0.4, 0.5) is 13.2 Å². The van der Waals surface area contributed by atoms with Gasteiger partial charge in [0.05, 0.1) is 23.9 Å². The Morgan fingerprint density at radius 2 is 1.55 bits per heavy atom. The number of benzene rings is 4. The summed E-state index contributed by atoms with van der Waals surface area (Å²) in [5.41, 5.74) is 4.29. The second kappa shape index (κ2) is 16.0. The summed E-state index contributed by atoms with van der Waals surface area (Å²) in [6.07, 6.45) is 1.68. The second-order valence-corrected chi connectivity index (χ2v) is 12.8. The van der Waals surface area contributed by atoms with Crippen molar-refractivity contribution in [3.05, 3.63) is 130 Å². The predicted molar refractivity (Wildman–Crippen MR) is 183 cm³/mol. The van der Waals surface area contributed by atoms with Gasteiger partial charge in [0, 0.05) is 12.1 Å². The minimum absolute atomic E-state index is 0.0179. The van der Waals surface area contributed by atoms with Crippen LogP contribution in [-0.4, -0.2) is 29.4 Å². The van der Waals surface area contributed by atoms with Crippen LogP contribution < -0.4 is 10.6 Å². The maximum absolute atomic E-state index is 14.1. The lowest BCUT2D eigenvalue weighted by Crippen LogP contribution is -2.33. The van der Waals surface area contributed by atoms with E-state index in [2.05, 4.69) is 22.8 Å². The Kier molecular flexibility index (Phi) is 11.5. The highest BCUT2D eigenvalue weighted by atomic mass is 19.4. The fourth-order valence-electron chi connectivity index (χ4n) is 6.60. The van der Waals surface area contributed by atoms with Gasteiger partial charge in [-0.05, 0) is 89.8 Å². The van der Waals surface area contributed by atoms with Crippen LogP contribution in [0.5, 0.6) is 0 Å². The standard InChI is InChI=1S/C40H41F3N2O4/c1-26(34-12-5-6-13-35(34)32-10-7-11-33(25-32)40(41,42)43)45-39(49)36(30-20-18-29(19-21-30)28-8-3-2-4-9-28)24-27-14-16-31(17-15-27)38(48)44-23-22-37(46)47/h5-7,10-21,25-26,28,36H,2-4,8-9,22-24H2,1H3,(H,44,48)(H,45,49)(H,46,47). The number of alkyl halides is 3. The molecular formula is C40H41F3N2O4. The van der Waals surface area contributed by atoms with Crippen LogP contribution in [0, 0.1) is 0 Å². The first-order valence-electron chi connectivity index (χ1n) is 16.8. The van der Waals surface area contributed by atoms with Gasteiger partial charge in [-0.3, -0.25) is 14.4 Å². The van der Waals surface area contributed by atoms with Crippen molar-refractivity contribution in [3.63, 3.8) is 0 Å². The molecule has 4 aromatic rings. The van der Waals surface area contributed by atoms with Crippen molar-refractivity contribution >= 4 is 17.8 Å². The smallest absolute Gasteiger partial charge is 0.416 e. The second-order valence-electron chi connectivity index (χ2n) is 12.8. The summed E-state index contributed by atoms with van der Waals surface area (Å²) in [6, 6.07) is 26.9. The van der Waals surface area contributed by atoms with E-state index < -0.39 is 29.7 Å². The molecule has 9 heteroatoms. The molecular weight excluding hydrogens is 629 g/mol. The number of carbonyl (C=O) groups excluding carboxylic acids is 2. The fourth-order valence-corrected chi connectivity index (χ4v) is 6.60. The molecule has 5 rings (SSSR count). The van der Waals surface area contributed by atoms with Gasteiger partial charge in [-0.15, -0.1) is 0 Å². The Bertz CT molecular complexity index is 1750. The third-order valence-corrected chi connectivity index (χ3v) is 9.30. The predicted octanol–water partition coefficient (Wildman–Crippen LogP) is 8.83. The number of amides is 2. The molecule has 256 valence electrons. The maximum atomic E-state index is 14.1. The van der Waals surface area contributed by atoms with E-state index in [0.29, 0.717) is 34.6 Å². The molecule has 1 fully saturated rings. The van der Waals surface area contributed by atoms with Crippen molar-refractivity contribution in [2.24, 2.45) is 0 Å². The summed E-state index contributed by atoms with van der Waals surface area (Å²) < 4.78 is 40.5. The van der Waals surface area contributed by atoms with E-state index in [9.17, 15) is 27.6 Å². The average molecular weight is 671 g/mol. The molecule has 0 spiro atoms. The van der Waals surface area contributed by atoms with Crippen molar-refractivity contribution in [1.82, 2.24) is 10.6 Å². The number of carboxylic acids is 1. The summed E-state index contributed by atoms with van der Waals surface area (Å²) in [7, 11) is 0. The molecule has 0 heterocycles. The monoisotopic (exact) mass is 670 g/mol. The van der Waals surface area contributed by atoms with Crippen molar-refractivity contribution in [2.45, 2.75) is 75.9 Å². The van der Waals surface area contributed by atoms with Crippen LogP contribution in [0.1, 0.15) is 102 Å². The van der Waals surface area contributed by atoms with Crippen LogP contribution in [0.3, 0.4) is 0 Å². The van der Waals surface area contributed by atoms with Crippen LogP contribution in [0.15, 0.2) is 97.1 Å². The lowest BCUT2D eigenvalue weighted by molar-refractivity contribution is -0.138. The zero-order valence-corrected chi connectivity index (χ0v) is 27.4. The van der Waals surface area contributed by atoms with Crippen LogP contribution in [0.2, 0.25) is 0 Å². The van der Waals surface area contributed by atoms with Crippen LogP contribution >= 0.6 is 0 Å².